The van der Waals surface area contributed by atoms with Crippen molar-refractivity contribution in [3.05, 3.63) is 23.3 Å². The lowest BCUT2D eigenvalue weighted by molar-refractivity contribution is 0.0602. The van der Waals surface area contributed by atoms with Gasteiger partial charge in [-0.3, -0.25) is 0 Å². The van der Waals surface area contributed by atoms with E-state index in [1.807, 2.05) is 13.0 Å². The number of aliphatic hydroxyl groups is 1. The van der Waals surface area contributed by atoms with Crippen LogP contribution in [0.15, 0.2) is 12.1 Å². The van der Waals surface area contributed by atoms with E-state index >= 15 is 0 Å². The molecule has 112 valence electrons. The highest BCUT2D eigenvalue weighted by Crippen LogP contribution is 2.23. The van der Waals surface area contributed by atoms with Crippen LogP contribution in [0.25, 0.3) is 0 Å². The van der Waals surface area contributed by atoms with Gasteiger partial charge in [0, 0.05) is 24.5 Å². The molecule has 1 aromatic carbocycles. The van der Waals surface area contributed by atoms with Crippen LogP contribution in [0.4, 0.5) is 11.4 Å². The van der Waals surface area contributed by atoms with Gasteiger partial charge in [-0.25, -0.2) is 4.79 Å². The number of carbonyl (C=O) groups is 1. The molecule has 6 nitrogen and oxygen atoms in total. The van der Waals surface area contributed by atoms with Gasteiger partial charge in [-0.2, -0.15) is 0 Å². The molecule has 1 rings (SSSR count). The summed E-state index contributed by atoms with van der Waals surface area (Å²) in [5.74, 6) is -0.444. The first-order valence-electron chi connectivity index (χ1n) is 6.51. The number of hydrogen-bond donors (Lipinski definition) is 3. The second-order valence-corrected chi connectivity index (χ2v) is 4.36. The highest BCUT2D eigenvalue weighted by Gasteiger charge is 2.13. The number of ether oxygens (including phenoxy) is 2. The van der Waals surface area contributed by atoms with E-state index in [1.165, 1.54) is 7.11 Å². The minimum atomic E-state index is -0.444. The number of rotatable bonds is 8. The molecule has 0 bridgehead atoms. The van der Waals surface area contributed by atoms with Crippen LogP contribution in [0.5, 0.6) is 0 Å². The highest BCUT2D eigenvalue weighted by molar-refractivity contribution is 5.97. The molecule has 0 aliphatic carbocycles. The first-order chi connectivity index (χ1) is 9.60. The van der Waals surface area contributed by atoms with Gasteiger partial charge in [-0.15, -0.1) is 0 Å². The maximum absolute atomic E-state index is 11.6. The Balaban J connectivity index is 2.58. The van der Waals surface area contributed by atoms with Gasteiger partial charge in [0.1, 0.15) is 0 Å². The van der Waals surface area contributed by atoms with Crippen LogP contribution in [0, 0.1) is 6.92 Å². The summed E-state index contributed by atoms with van der Waals surface area (Å²) >= 11 is 0. The fourth-order valence-electron chi connectivity index (χ4n) is 1.75. The Morgan fingerprint density at radius 3 is 2.80 bits per heavy atom. The molecule has 0 saturated carbocycles. The zero-order valence-electron chi connectivity index (χ0n) is 11.9. The number of nitrogens with two attached hydrogens (primary N) is 1. The van der Waals surface area contributed by atoms with Gasteiger partial charge in [-0.05, 0) is 31.0 Å². The number of nitrogen functional groups attached to an aromatic ring is 1. The Kier molecular flexibility index (Phi) is 6.83. The molecule has 0 heterocycles. The molecule has 0 unspecified atom stereocenters. The highest BCUT2D eigenvalue weighted by atomic mass is 16.5. The van der Waals surface area contributed by atoms with E-state index in [-0.39, 0.29) is 6.61 Å². The van der Waals surface area contributed by atoms with Crippen molar-refractivity contribution in [2.75, 3.05) is 44.5 Å². The van der Waals surface area contributed by atoms with Crippen molar-refractivity contribution in [1.82, 2.24) is 0 Å². The lowest BCUT2D eigenvalue weighted by Crippen LogP contribution is -2.11. The summed E-state index contributed by atoms with van der Waals surface area (Å²) in [6, 6.07) is 3.57. The summed E-state index contributed by atoms with van der Waals surface area (Å²) in [6.45, 7) is 3.51. The van der Waals surface area contributed by atoms with Crippen molar-refractivity contribution in [1.29, 1.82) is 0 Å². The van der Waals surface area contributed by atoms with Gasteiger partial charge in [0.05, 0.1) is 25.9 Å². The Hall–Kier alpha value is -1.79. The summed E-state index contributed by atoms with van der Waals surface area (Å²) in [4.78, 5) is 11.6. The van der Waals surface area contributed by atoms with Crippen molar-refractivity contribution >= 4 is 17.3 Å². The van der Waals surface area contributed by atoms with E-state index < -0.39 is 5.97 Å². The summed E-state index contributed by atoms with van der Waals surface area (Å²) in [5, 5.41) is 11.8. The Morgan fingerprint density at radius 1 is 1.40 bits per heavy atom. The molecular formula is C14H22N2O4. The van der Waals surface area contributed by atoms with E-state index in [2.05, 4.69) is 5.32 Å². The number of carbonyl (C=O) groups excluding carboxylic acids is 1. The zero-order valence-corrected chi connectivity index (χ0v) is 11.9. The predicted molar refractivity (Wildman–Crippen MR) is 77.9 cm³/mol. The molecule has 0 atom stereocenters. The van der Waals surface area contributed by atoms with Crippen LogP contribution >= 0.6 is 0 Å². The number of methoxy groups -OCH3 is 1. The van der Waals surface area contributed by atoms with Crippen molar-refractivity contribution in [2.24, 2.45) is 0 Å². The molecule has 0 aliphatic rings. The van der Waals surface area contributed by atoms with Gasteiger partial charge in [0.15, 0.2) is 0 Å². The number of aliphatic hydroxyl groups excluding tert-OH is 1. The maximum atomic E-state index is 11.6. The molecule has 0 fully saturated rings. The van der Waals surface area contributed by atoms with Crippen LogP contribution < -0.4 is 11.1 Å². The summed E-state index contributed by atoms with van der Waals surface area (Å²) < 4.78 is 9.87. The van der Waals surface area contributed by atoms with Crippen molar-refractivity contribution in [2.45, 2.75) is 13.3 Å². The second kappa shape index (κ2) is 8.39. The van der Waals surface area contributed by atoms with Gasteiger partial charge in [0.2, 0.25) is 0 Å². The molecule has 0 spiro atoms. The van der Waals surface area contributed by atoms with Gasteiger partial charge >= 0.3 is 5.97 Å². The van der Waals surface area contributed by atoms with E-state index in [0.29, 0.717) is 31.0 Å². The van der Waals surface area contributed by atoms with Crippen LogP contribution in [-0.2, 0) is 9.47 Å². The van der Waals surface area contributed by atoms with Gasteiger partial charge < -0.3 is 25.6 Å². The molecule has 4 N–H and O–H groups in total. The second-order valence-electron chi connectivity index (χ2n) is 4.36. The average molecular weight is 282 g/mol. The average Bonchev–Trinajstić information content (AvgIpc) is 2.45. The first-order valence-corrected chi connectivity index (χ1v) is 6.51. The molecule has 1 aromatic rings. The van der Waals surface area contributed by atoms with Crippen molar-refractivity contribution < 1.29 is 19.4 Å². The topological polar surface area (TPSA) is 93.8 Å². The SMILES string of the molecule is COC(=O)c1cc(NCCCOCCO)cc(C)c1N. The lowest BCUT2D eigenvalue weighted by Gasteiger charge is -2.12. The first kappa shape index (κ1) is 16.3. The third-order valence-corrected chi connectivity index (χ3v) is 2.82. The van der Waals surface area contributed by atoms with E-state index in [0.717, 1.165) is 17.7 Å². The number of aryl methyl sites for hydroxylation is 1. The largest absolute Gasteiger partial charge is 0.465 e. The summed E-state index contributed by atoms with van der Waals surface area (Å²) in [6.07, 6.45) is 0.803. The Morgan fingerprint density at radius 2 is 2.15 bits per heavy atom. The van der Waals surface area contributed by atoms with Crippen LogP contribution in [-0.4, -0.2) is 44.6 Å². The number of nitrogens with one attached hydrogen (secondary N) is 1. The molecule has 0 aliphatic heterocycles. The lowest BCUT2D eigenvalue weighted by atomic mass is 10.1. The van der Waals surface area contributed by atoms with Crippen LogP contribution in [0.2, 0.25) is 0 Å². The molecule has 0 saturated heterocycles. The number of esters is 1. The molecule has 0 amide bonds. The fourth-order valence-corrected chi connectivity index (χ4v) is 1.75. The van der Waals surface area contributed by atoms with E-state index in [9.17, 15) is 4.79 Å². The smallest absolute Gasteiger partial charge is 0.340 e. The third-order valence-electron chi connectivity index (χ3n) is 2.82. The molecule has 20 heavy (non-hydrogen) atoms. The number of anilines is 2. The quantitative estimate of drug-likeness (QED) is 0.376. The van der Waals surface area contributed by atoms with E-state index in [1.54, 1.807) is 6.07 Å². The predicted octanol–water partition coefficient (Wildman–Crippen LogP) is 1.17. The van der Waals surface area contributed by atoms with Crippen molar-refractivity contribution in [3.63, 3.8) is 0 Å². The minimum absolute atomic E-state index is 0.0348. The Labute approximate surface area is 118 Å². The number of hydrogen-bond acceptors (Lipinski definition) is 6. The third kappa shape index (κ3) is 4.71. The minimum Gasteiger partial charge on any atom is -0.465 e. The molecule has 0 radical (unpaired) electrons. The molecule has 6 heteroatoms. The van der Waals surface area contributed by atoms with Crippen molar-refractivity contribution in [3.8, 4) is 0 Å². The molecular weight excluding hydrogens is 260 g/mol. The standard InChI is InChI=1S/C14H22N2O4/c1-10-8-11(16-4-3-6-20-7-5-17)9-12(13(10)15)14(18)19-2/h8-9,16-17H,3-7,15H2,1-2H3. The number of benzene rings is 1. The zero-order chi connectivity index (χ0) is 15.0. The Bertz CT molecular complexity index is 449. The van der Waals surface area contributed by atoms with Gasteiger partial charge in [0.25, 0.3) is 0 Å². The van der Waals surface area contributed by atoms with Gasteiger partial charge in [-0.1, -0.05) is 0 Å². The molecule has 0 aromatic heterocycles. The van der Waals surface area contributed by atoms with E-state index in [4.69, 9.17) is 20.3 Å². The normalized spacial score (nSPS) is 10.3. The monoisotopic (exact) mass is 282 g/mol. The maximum Gasteiger partial charge on any atom is 0.340 e. The fraction of sp³-hybridized carbons (Fsp3) is 0.500. The summed E-state index contributed by atoms with van der Waals surface area (Å²) in [5.41, 5.74) is 8.32. The van der Waals surface area contributed by atoms with Crippen LogP contribution in [0.1, 0.15) is 22.3 Å². The van der Waals surface area contributed by atoms with Crippen LogP contribution in [0.3, 0.4) is 0 Å². The summed E-state index contributed by atoms with van der Waals surface area (Å²) in [7, 11) is 1.33.